The van der Waals surface area contributed by atoms with Crippen molar-refractivity contribution >= 4 is 23.3 Å². The van der Waals surface area contributed by atoms with E-state index in [9.17, 15) is 9.59 Å². The number of carbonyl (C=O) groups is 2. The zero-order valence-electron chi connectivity index (χ0n) is 19.1. The predicted octanol–water partition coefficient (Wildman–Crippen LogP) is 4.01. The van der Waals surface area contributed by atoms with Gasteiger partial charge >= 0.3 is 0 Å². The van der Waals surface area contributed by atoms with Gasteiger partial charge in [0.25, 0.3) is 0 Å². The van der Waals surface area contributed by atoms with Gasteiger partial charge < -0.3 is 11.1 Å². The number of carbonyl (C=O) groups excluding carboxylic acids is 2. The van der Waals surface area contributed by atoms with Crippen LogP contribution in [-0.2, 0) is 4.79 Å². The quantitative estimate of drug-likeness (QED) is 0.678. The number of ketones is 1. The van der Waals surface area contributed by atoms with E-state index in [4.69, 9.17) is 24.2 Å². The Kier molecular flexibility index (Phi) is 4.77. The highest BCUT2D eigenvalue weighted by Gasteiger charge is 2.24. The van der Waals surface area contributed by atoms with Crippen LogP contribution in [0, 0.1) is 5.82 Å². The van der Waals surface area contributed by atoms with E-state index in [1.165, 1.54) is 25.1 Å². The number of nitrogens with two attached hydrogens (primary N) is 1. The van der Waals surface area contributed by atoms with E-state index in [2.05, 4.69) is 5.32 Å². The van der Waals surface area contributed by atoms with Gasteiger partial charge in [0.2, 0.25) is 5.91 Å². The maximum absolute atomic E-state index is 15.6. The Morgan fingerprint density at radius 2 is 2.00 bits per heavy atom. The lowest BCUT2D eigenvalue weighted by molar-refractivity contribution is -0.118. The maximum Gasteiger partial charge on any atom is 0.218 e. The van der Waals surface area contributed by atoms with Crippen LogP contribution in [0.2, 0.25) is 5.02 Å². The van der Waals surface area contributed by atoms with E-state index < -0.39 is 53.9 Å². The van der Waals surface area contributed by atoms with Crippen LogP contribution in [0.5, 0.6) is 0 Å². The predicted molar refractivity (Wildman–Crippen MR) is 101 cm³/mol. The van der Waals surface area contributed by atoms with Gasteiger partial charge in [-0.3, -0.25) is 9.59 Å². The van der Waals surface area contributed by atoms with E-state index in [0.29, 0.717) is 0 Å². The van der Waals surface area contributed by atoms with Crippen molar-refractivity contribution in [2.45, 2.75) is 38.7 Å². The number of hydrogen-bond donors (Lipinski definition) is 2. The molecule has 0 fully saturated rings. The Balaban J connectivity index is 2.63. The zero-order valence-corrected chi connectivity index (χ0v) is 14.8. The molecule has 2 atom stereocenters. The highest BCUT2D eigenvalue weighted by atomic mass is 35.5. The van der Waals surface area contributed by atoms with Crippen molar-refractivity contribution < 1.29 is 20.8 Å². The Bertz CT molecular complexity index is 970. The standard InChI is InChI=1S/C20H22ClFN2O2/c1-3-16(24-12(2)11-17(23)25)14-9-10-15(21)18(19(14)22)20(26)13-7-5-4-6-8-13/h4-10,12,16,24H,3,11H2,1-2H3,(H2,23,25)/t12-,16+/m0/s1/i1D3,3D2. The number of primary amides is 1. The SMILES string of the molecule is [2H]C([2H])([2H])C([2H])([2H])[C@@H](N[C@@H](C)CC(N)=O)c1ccc(Cl)c(C(=O)c2ccccc2)c1F. The van der Waals surface area contributed by atoms with Gasteiger partial charge in [-0.05, 0) is 19.4 Å². The molecule has 4 nitrogen and oxygen atoms in total. The molecule has 26 heavy (non-hydrogen) atoms. The number of benzene rings is 2. The molecule has 2 aromatic rings. The summed E-state index contributed by atoms with van der Waals surface area (Å²) in [6, 6.07) is 7.62. The second-order valence-electron chi connectivity index (χ2n) is 5.84. The molecule has 0 radical (unpaired) electrons. The Hall–Kier alpha value is -2.24. The van der Waals surface area contributed by atoms with Crippen molar-refractivity contribution in [3.05, 3.63) is 70.0 Å². The third-order valence-corrected chi connectivity index (χ3v) is 4.11. The summed E-state index contributed by atoms with van der Waals surface area (Å²) >= 11 is 6.08. The topological polar surface area (TPSA) is 72.2 Å². The summed E-state index contributed by atoms with van der Waals surface area (Å²) in [6.07, 6.45) is -3.20. The summed E-state index contributed by atoms with van der Waals surface area (Å²) in [5.74, 6) is -2.58. The first-order valence-electron chi connectivity index (χ1n) is 10.4. The summed E-state index contributed by atoms with van der Waals surface area (Å²) in [5.41, 5.74) is 4.42. The van der Waals surface area contributed by atoms with E-state index in [0.717, 1.165) is 6.07 Å². The van der Waals surface area contributed by atoms with Crippen LogP contribution in [0.15, 0.2) is 42.5 Å². The fourth-order valence-corrected chi connectivity index (χ4v) is 2.82. The van der Waals surface area contributed by atoms with Crippen molar-refractivity contribution in [2.24, 2.45) is 5.73 Å². The minimum atomic E-state index is -3.15. The van der Waals surface area contributed by atoms with Gasteiger partial charge in [-0.25, -0.2) is 4.39 Å². The fourth-order valence-electron chi connectivity index (χ4n) is 2.59. The second kappa shape index (κ2) is 8.92. The van der Waals surface area contributed by atoms with Crippen molar-refractivity contribution in [3.8, 4) is 0 Å². The smallest absolute Gasteiger partial charge is 0.218 e. The lowest BCUT2D eigenvalue weighted by atomic mass is 9.95. The van der Waals surface area contributed by atoms with Crippen molar-refractivity contribution in [3.63, 3.8) is 0 Å². The molecule has 0 spiro atoms. The molecule has 2 aromatic carbocycles. The van der Waals surface area contributed by atoms with Crippen LogP contribution in [0.4, 0.5) is 4.39 Å². The van der Waals surface area contributed by atoms with Gasteiger partial charge in [-0.15, -0.1) is 0 Å². The molecule has 0 aromatic heterocycles. The lowest BCUT2D eigenvalue weighted by Crippen LogP contribution is -2.34. The highest BCUT2D eigenvalue weighted by molar-refractivity contribution is 6.35. The largest absolute Gasteiger partial charge is 0.370 e. The van der Waals surface area contributed by atoms with Crippen LogP contribution in [0.3, 0.4) is 0 Å². The third kappa shape index (κ3) is 4.68. The monoisotopic (exact) mass is 381 g/mol. The molecular formula is C20H22ClFN2O2. The molecule has 0 aliphatic rings. The van der Waals surface area contributed by atoms with Gasteiger partial charge in [0, 0.05) is 36.5 Å². The van der Waals surface area contributed by atoms with E-state index >= 15 is 4.39 Å². The van der Waals surface area contributed by atoms with Crippen molar-refractivity contribution in [1.29, 1.82) is 0 Å². The highest BCUT2D eigenvalue weighted by Crippen LogP contribution is 2.30. The van der Waals surface area contributed by atoms with E-state index in [1.54, 1.807) is 18.2 Å². The molecule has 0 saturated heterocycles. The van der Waals surface area contributed by atoms with Gasteiger partial charge in [0.05, 0.1) is 10.6 Å². The molecule has 0 unspecified atom stereocenters. The van der Waals surface area contributed by atoms with Gasteiger partial charge in [-0.1, -0.05) is 54.9 Å². The van der Waals surface area contributed by atoms with Gasteiger partial charge in [0.15, 0.2) is 5.78 Å². The Morgan fingerprint density at radius 3 is 2.62 bits per heavy atom. The van der Waals surface area contributed by atoms with Crippen LogP contribution in [0.1, 0.15) is 60.9 Å². The third-order valence-electron chi connectivity index (χ3n) is 3.80. The molecule has 6 heteroatoms. The summed E-state index contributed by atoms with van der Waals surface area (Å²) in [4.78, 5) is 24.1. The Morgan fingerprint density at radius 1 is 1.31 bits per heavy atom. The summed E-state index contributed by atoms with van der Waals surface area (Å²) in [6.45, 7) is -1.66. The molecule has 0 aliphatic heterocycles. The minimum absolute atomic E-state index is 0.158. The first kappa shape index (κ1) is 13.9. The molecule has 0 aliphatic carbocycles. The minimum Gasteiger partial charge on any atom is -0.370 e. The molecule has 1 amide bonds. The molecule has 0 saturated carbocycles. The van der Waals surface area contributed by atoms with Crippen molar-refractivity contribution in [2.75, 3.05) is 0 Å². The number of halogens is 2. The van der Waals surface area contributed by atoms with Crippen LogP contribution in [-0.4, -0.2) is 17.7 Å². The summed E-state index contributed by atoms with van der Waals surface area (Å²) in [7, 11) is 0. The number of rotatable bonds is 8. The summed E-state index contributed by atoms with van der Waals surface area (Å²) < 4.78 is 54.7. The lowest BCUT2D eigenvalue weighted by Gasteiger charge is -2.23. The van der Waals surface area contributed by atoms with Gasteiger partial charge in [-0.2, -0.15) is 0 Å². The normalized spacial score (nSPS) is 17.1. The average molecular weight is 382 g/mol. The average Bonchev–Trinajstić information content (AvgIpc) is 2.66. The van der Waals surface area contributed by atoms with Gasteiger partial charge in [0.1, 0.15) is 5.82 Å². The number of nitrogens with one attached hydrogen (secondary N) is 1. The summed E-state index contributed by atoms with van der Waals surface area (Å²) in [5, 5.41) is 2.45. The first-order chi connectivity index (χ1) is 14.3. The Labute approximate surface area is 164 Å². The maximum atomic E-state index is 15.6. The second-order valence-corrected chi connectivity index (χ2v) is 6.24. The molecular weight excluding hydrogens is 355 g/mol. The van der Waals surface area contributed by atoms with Crippen LogP contribution in [0.25, 0.3) is 0 Å². The van der Waals surface area contributed by atoms with E-state index in [-0.39, 0.29) is 17.0 Å². The van der Waals surface area contributed by atoms with Crippen LogP contribution < -0.4 is 11.1 Å². The first-order valence-corrected chi connectivity index (χ1v) is 8.27. The number of amides is 1. The zero-order chi connectivity index (χ0) is 23.6. The molecule has 0 bridgehead atoms. The molecule has 3 N–H and O–H groups in total. The molecule has 2 rings (SSSR count). The fraction of sp³-hybridized carbons (Fsp3) is 0.300. The molecule has 138 valence electrons. The molecule has 0 heterocycles. The van der Waals surface area contributed by atoms with E-state index in [1.807, 2.05) is 0 Å². The van der Waals surface area contributed by atoms with Crippen LogP contribution >= 0.6 is 11.6 Å². The van der Waals surface area contributed by atoms with Crippen molar-refractivity contribution in [1.82, 2.24) is 5.32 Å². The number of hydrogen-bond acceptors (Lipinski definition) is 3.